The molecule has 6 nitrogen and oxygen atoms in total. The summed E-state index contributed by atoms with van der Waals surface area (Å²) in [5.41, 5.74) is 0.474. The Morgan fingerprint density at radius 2 is 1.64 bits per heavy atom. The molecule has 2 aromatic carbocycles. The van der Waals surface area contributed by atoms with Crippen LogP contribution in [0.4, 0.5) is 10.5 Å². The Kier molecular flexibility index (Phi) is 9.60. The van der Waals surface area contributed by atoms with Crippen molar-refractivity contribution < 1.29 is 24.2 Å². The van der Waals surface area contributed by atoms with Gasteiger partial charge in [-0.3, -0.25) is 4.79 Å². The van der Waals surface area contributed by atoms with Gasteiger partial charge in [-0.25, -0.2) is 0 Å². The standard InChI is InChI=1S/C27H35NO5/c1-2-3-4-9-16-22-24(33-26(22)29)18-10-6-13-20-28(27(30)31)23-17-11-12-19-25(23)32-21-14-7-5-8-15-21/h5,7-8,11-12,14-15,17,19,22,24H,2-4,6,9-10,13,16,18,20H2,1H3,(H,30,31)/p-1. The highest BCUT2D eigenvalue weighted by atomic mass is 16.6. The van der Waals surface area contributed by atoms with Crippen molar-refractivity contribution in [3.63, 3.8) is 0 Å². The quantitative estimate of drug-likeness (QED) is 0.271. The van der Waals surface area contributed by atoms with Crippen molar-refractivity contribution in [3.8, 4) is 11.5 Å². The molecule has 0 saturated carbocycles. The van der Waals surface area contributed by atoms with E-state index in [9.17, 15) is 14.7 Å². The van der Waals surface area contributed by atoms with Gasteiger partial charge in [-0.05, 0) is 49.9 Å². The van der Waals surface area contributed by atoms with Gasteiger partial charge in [0, 0.05) is 6.54 Å². The van der Waals surface area contributed by atoms with E-state index < -0.39 is 6.09 Å². The SMILES string of the molecule is CCCCCCC1C(=O)OC1CCCCCN(C(=O)[O-])c1ccccc1Oc1ccccc1. The molecule has 0 spiro atoms. The monoisotopic (exact) mass is 452 g/mol. The number of ether oxygens (including phenoxy) is 2. The van der Waals surface area contributed by atoms with Crippen LogP contribution >= 0.6 is 0 Å². The van der Waals surface area contributed by atoms with Gasteiger partial charge in [-0.1, -0.05) is 69.4 Å². The van der Waals surface area contributed by atoms with Gasteiger partial charge in [0.05, 0.1) is 11.6 Å². The number of anilines is 1. The van der Waals surface area contributed by atoms with Gasteiger partial charge >= 0.3 is 5.97 Å². The molecule has 0 radical (unpaired) electrons. The van der Waals surface area contributed by atoms with Crippen molar-refractivity contribution in [2.75, 3.05) is 11.4 Å². The van der Waals surface area contributed by atoms with Crippen LogP contribution in [0.25, 0.3) is 0 Å². The zero-order valence-electron chi connectivity index (χ0n) is 19.4. The fourth-order valence-corrected chi connectivity index (χ4v) is 4.24. The fraction of sp³-hybridized carbons (Fsp3) is 0.481. The largest absolute Gasteiger partial charge is 0.530 e. The fourth-order valence-electron chi connectivity index (χ4n) is 4.24. The van der Waals surface area contributed by atoms with E-state index in [0.717, 1.165) is 32.1 Å². The second kappa shape index (κ2) is 12.9. The van der Waals surface area contributed by atoms with Gasteiger partial charge in [0.1, 0.15) is 17.9 Å². The first kappa shape index (κ1) is 24.6. The van der Waals surface area contributed by atoms with Crippen molar-refractivity contribution >= 4 is 17.7 Å². The molecule has 2 atom stereocenters. The van der Waals surface area contributed by atoms with Crippen LogP contribution in [0.2, 0.25) is 0 Å². The Labute approximate surface area is 196 Å². The number of hydrogen-bond donors (Lipinski definition) is 0. The molecule has 6 heteroatoms. The second-order valence-corrected chi connectivity index (χ2v) is 8.58. The van der Waals surface area contributed by atoms with E-state index in [0.29, 0.717) is 30.2 Å². The number of benzene rings is 2. The topological polar surface area (TPSA) is 78.9 Å². The van der Waals surface area contributed by atoms with Crippen LogP contribution in [0.3, 0.4) is 0 Å². The Morgan fingerprint density at radius 1 is 0.939 bits per heavy atom. The van der Waals surface area contributed by atoms with E-state index in [2.05, 4.69) is 6.92 Å². The van der Waals surface area contributed by atoms with E-state index in [1.54, 1.807) is 18.2 Å². The van der Waals surface area contributed by atoms with Gasteiger partial charge in [-0.2, -0.15) is 0 Å². The molecule has 178 valence electrons. The zero-order chi connectivity index (χ0) is 23.5. The number of rotatable bonds is 14. The molecular formula is C27H34NO5-. The number of nitrogens with zero attached hydrogens (tertiary/aromatic N) is 1. The first-order valence-electron chi connectivity index (χ1n) is 12.1. The molecule has 0 aromatic heterocycles. The average molecular weight is 453 g/mol. The van der Waals surface area contributed by atoms with Crippen LogP contribution < -0.4 is 14.7 Å². The molecule has 1 fully saturated rings. The predicted molar refractivity (Wildman–Crippen MR) is 126 cm³/mol. The first-order valence-corrected chi connectivity index (χ1v) is 12.1. The van der Waals surface area contributed by atoms with Gasteiger partial charge in [-0.15, -0.1) is 0 Å². The van der Waals surface area contributed by atoms with Gasteiger partial charge in [0.15, 0.2) is 5.75 Å². The van der Waals surface area contributed by atoms with E-state index in [4.69, 9.17) is 9.47 Å². The van der Waals surface area contributed by atoms with Gasteiger partial charge in [0.2, 0.25) is 0 Å². The molecule has 0 bridgehead atoms. The Hall–Kier alpha value is -3.02. The Morgan fingerprint density at radius 3 is 2.36 bits per heavy atom. The number of para-hydroxylation sites is 3. The summed E-state index contributed by atoms with van der Waals surface area (Å²) in [4.78, 5) is 24.9. The van der Waals surface area contributed by atoms with E-state index in [1.165, 1.54) is 24.2 Å². The lowest BCUT2D eigenvalue weighted by atomic mass is 9.87. The minimum Gasteiger partial charge on any atom is -0.530 e. The maximum atomic E-state index is 11.9. The van der Waals surface area contributed by atoms with Crippen LogP contribution in [0.1, 0.15) is 64.7 Å². The third kappa shape index (κ3) is 7.24. The Balaban J connectivity index is 1.46. The molecule has 1 aliphatic heterocycles. The van der Waals surface area contributed by atoms with Crippen molar-refractivity contribution in [1.29, 1.82) is 0 Å². The third-order valence-corrected chi connectivity index (χ3v) is 6.11. The van der Waals surface area contributed by atoms with E-state index in [-0.39, 0.29) is 18.0 Å². The van der Waals surface area contributed by atoms with Crippen LogP contribution in [-0.2, 0) is 9.53 Å². The number of hydrogen-bond acceptors (Lipinski definition) is 5. The number of carboxylic acid groups (broad SMARTS) is 1. The average Bonchev–Trinajstić information content (AvgIpc) is 2.81. The van der Waals surface area contributed by atoms with E-state index in [1.807, 2.05) is 36.4 Å². The number of unbranched alkanes of at least 4 members (excludes halogenated alkanes) is 5. The smallest absolute Gasteiger partial charge is 0.313 e. The molecule has 33 heavy (non-hydrogen) atoms. The van der Waals surface area contributed by atoms with E-state index >= 15 is 0 Å². The summed E-state index contributed by atoms with van der Waals surface area (Å²) < 4.78 is 11.3. The van der Waals surface area contributed by atoms with Crippen LogP contribution in [-0.4, -0.2) is 24.7 Å². The lowest BCUT2D eigenvalue weighted by Crippen LogP contribution is -2.45. The predicted octanol–water partition coefficient (Wildman–Crippen LogP) is 5.70. The molecule has 2 unspecified atom stereocenters. The maximum absolute atomic E-state index is 11.9. The minimum absolute atomic E-state index is 0.0244. The molecule has 1 saturated heterocycles. The molecule has 3 rings (SSSR count). The molecule has 0 N–H and O–H groups in total. The van der Waals surface area contributed by atoms with Gasteiger partial charge in [0.25, 0.3) is 0 Å². The lowest BCUT2D eigenvalue weighted by Gasteiger charge is -2.35. The number of amides is 1. The highest BCUT2D eigenvalue weighted by Gasteiger charge is 2.40. The van der Waals surface area contributed by atoms with Crippen molar-refractivity contribution in [2.24, 2.45) is 5.92 Å². The summed E-state index contributed by atoms with van der Waals surface area (Å²) in [6.45, 7) is 2.50. The van der Waals surface area contributed by atoms with Crippen molar-refractivity contribution in [3.05, 3.63) is 54.6 Å². The summed E-state index contributed by atoms with van der Waals surface area (Å²) in [6.07, 6.45) is 7.60. The molecular weight excluding hydrogens is 418 g/mol. The normalized spacial score (nSPS) is 17.2. The third-order valence-electron chi connectivity index (χ3n) is 6.11. The number of esters is 1. The summed E-state index contributed by atoms with van der Waals surface area (Å²) in [5, 5.41) is 11.9. The second-order valence-electron chi connectivity index (χ2n) is 8.58. The van der Waals surface area contributed by atoms with Crippen LogP contribution in [0.5, 0.6) is 11.5 Å². The highest BCUT2D eigenvalue weighted by molar-refractivity contribution is 5.86. The van der Waals surface area contributed by atoms with Crippen LogP contribution in [0, 0.1) is 5.92 Å². The molecule has 1 heterocycles. The molecule has 0 aliphatic carbocycles. The summed E-state index contributed by atoms with van der Waals surface area (Å²) in [5.74, 6) is 1.10. The number of cyclic esters (lactones) is 1. The summed E-state index contributed by atoms with van der Waals surface area (Å²) >= 11 is 0. The maximum Gasteiger partial charge on any atom is 0.313 e. The molecule has 1 amide bonds. The number of carbonyl (C=O) groups is 2. The van der Waals surface area contributed by atoms with Crippen LogP contribution in [0.15, 0.2) is 54.6 Å². The van der Waals surface area contributed by atoms with Gasteiger partial charge < -0.3 is 24.3 Å². The zero-order valence-corrected chi connectivity index (χ0v) is 19.4. The minimum atomic E-state index is -1.25. The lowest BCUT2D eigenvalue weighted by molar-refractivity contribution is -0.246. The first-order chi connectivity index (χ1) is 16.1. The van der Waals surface area contributed by atoms with Crippen molar-refractivity contribution in [2.45, 2.75) is 70.8 Å². The summed E-state index contributed by atoms with van der Waals surface area (Å²) in [6, 6.07) is 16.4. The molecule has 2 aromatic rings. The van der Waals surface area contributed by atoms with Crippen molar-refractivity contribution in [1.82, 2.24) is 0 Å². The number of carbonyl (C=O) groups excluding carboxylic acids is 2. The highest BCUT2D eigenvalue weighted by Crippen LogP contribution is 2.33. The Bertz CT molecular complexity index is 885. The summed E-state index contributed by atoms with van der Waals surface area (Å²) in [7, 11) is 0. The molecule has 1 aliphatic rings.